The van der Waals surface area contributed by atoms with Gasteiger partial charge in [0.05, 0.1) is 0 Å². The lowest BCUT2D eigenvalue weighted by Crippen LogP contribution is -2.46. The standard InChI is InChI=1S/C18H17NO4/c1-11(20)13-7-9-14(10-8-13)19-18(21)17-12(2)22-15-5-3-4-6-16(15)23-17/h3-10,12,17H,1-2H3,(H,19,21)/t12-,17+/m1/s1. The third-order valence-electron chi connectivity index (χ3n) is 3.66. The highest BCUT2D eigenvalue weighted by Gasteiger charge is 2.34. The Morgan fingerprint density at radius 2 is 1.57 bits per heavy atom. The molecule has 23 heavy (non-hydrogen) atoms. The van der Waals surface area contributed by atoms with E-state index >= 15 is 0 Å². The zero-order chi connectivity index (χ0) is 16.4. The molecule has 2 aromatic rings. The second-order valence-corrected chi connectivity index (χ2v) is 5.43. The molecule has 0 saturated heterocycles. The van der Waals surface area contributed by atoms with E-state index in [0.29, 0.717) is 22.7 Å². The molecule has 0 fully saturated rings. The number of fused-ring (bicyclic) bond motifs is 1. The molecule has 118 valence electrons. The Balaban J connectivity index is 1.72. The Kier molecular flexibility index (Phi) is 4.02. The van der Waals surface area contributed by atoms with Crippen molar-refractivity contribution in [3.63, 3.8) is 0 Å². The summed E-state index contributed by atoms with van der Waals surface area (Å²) in [5.41, 5.74) is 1.21. The van der Waals surface area contributed by atoms with E-state index in [-0.39, 0.29) is 11.7 Å². The van der Waals surface area contributed by atoms with E-state index in [1.165, 1.54) is 6.92 Å². The van der Waals surface area contributed by atoms with Crippen LogP contribution in [0.5, 0.6) is 11.5 Å². The van der Waals surface area contributed by atoms with Crippen molar-refractivity contribution in [3.8, 4) is 11.5 Å². The zero-order valence-electron chi connectivity index (χ0n) is 12.9. The minimum atomic E-state index is -0.739. The Labute approximate surface area is 134 Å². The van der Waals surface area contributed by atoms with Crippen LogP contribution in [0.2, 0.25) is 0 Å². The molecule has 5 nitrogen and oxygen atoms in total. The van der Waals surface area contributed by atoms with Crippen molar-refractivity contribution < 1.29 is 19.1 Å². The number of para-hydroxylation sites is 2. The van der Waals surface area contributed by atoms with E-state index in [1.54, 1.807) is 43.3 Å². The number of benzene rings is 2. The lowest BCUT2D eigenvalue weighted by atomic mass is 10.1. The summed E-state index contributed by atoms with van der Waals surface area (Å²) in [6.07, 6.45) is -1.14. The molecule has 0 unspecified atom stereocenters. The number of rotatable bonds is 3. The SMILES string of the molecule is CC(=O)c1ccc(NC(=O)[C@H]2Oc3ccccc3O[C@@H]2C)cc1. The fourth-order valence-electron chi connectivity index (χ4n) is 2.41. The van der Waals surface area contributed by atoms with Gasteiger partial charge in [-0.15, -0.1) is 0 Å². The van der Waals surface area contributed by atoms with E-state index < -0.39 is 12.2 Å². The van der Waals surface area contributed by atoms with Crippen molar-refractivity contribution in [1.82, 2.24) is 0 Å². The lowest BCUT2D eigenvalue weighted by molar-refractivity contribution is -0.128. The molecule has 1 heterocycles. The molecular weight excluding hydrogens is 294 g/mol. The maximum Gasteiger partial charge on any atom is 0.269 e. The Morgan fingerprint density at radius 3 is 2.17 bits per heavy atom. The number of hydrogen-bond donors (Lipinski definition) is 1. The summed E-state index contributed by atoms with van der Waals surface area (Å²) < 4.78 is 11.5. The highest BCUT2D eigenvalue weighted by molar-refractivity contribution is 5.97. The summed E-state index contributed by atoms with van der Waals surface area (Å²) in [5.74, 6) is 0.882. The van der Waals surface area contributed by atoms with E-state index in [0.717, 1.165) is 0 Å². The normalized spacial score (nSPS) is 19.0. The Hall–Kier alpha value is -2.82. The van der Waals surface area contributed by atoms with Gasteiger partial charge < -0.3 is 14.8 Å². The smallest absolute Gasteiger partial charge is 0.269 e. The summed E-state index contributed by atoms with van der Waals surface area (Å²) in [6, 6.07) is 14.0. The molecule has 0 radical (unpaired) electrons. The van der Waals surface area contributed by atoms with Gasteiger partial charge in [0.15, 0.2) is 17.3 Å². The predicted molar refractivity (Wildman–Crippen MR) is 86.0 cm³/mol. The van der Waals surface area contributed by atoms with Gasteiger partial charge in [-0.1, -0.05) is 12.1 Å². The molecule has 0 saturated carbocycles. The monoisotopic (exact) mass is 311 g/mol. The summed E-state index contributed by atoms with van der Waals surface area (Å²) in [4.78, 5) is 23.7. The molecule has 2 aromatic carbocycles. The first-order valence-corrected chi connectivity index (χ1v) is 7.39. The highest BCUT2D eigenvalue weighted by Crippen LogP contribution is 2.33. The summed E-state index contributed by atoms with van der Waals surface area (Å²) in [7, 11) is 0. The molecule has 1 aliphatic heterocycles. The van der Waals surface area contributed by atoms with Crippen LogP contribution in [0.4, 0.5) is 5.69 Å². The predicted octanol–water partition coefficient (Wildman–Crippen LogP) is 3.06. The summed E-state index contributed by atoms with van der Waals surface area (Å²) in [5, 5.41) is 2.78. The van der Waals surface area contributed by atoms with Crippen LogP contribution < -0.4 is 14.8 Å². The Morgan fingerprint density at radius 1 is 0.957 bits per heavy atom. The molecule has 1 N–H and O–H groups in total. The average Bonchev–Trinajstić information content (AvgIpc) is 2.54. The van der Waals surface area contributed by atoms with Gasteiger partial charge in [-0.2, -0.15) is 0 Å². The van der Waals surface area contributed by atoms with Gasteiger partial charge in [-0.3, -0.25) is 9.59 Å². The molecule has 2 atom stereocenters. The van der Waals surface area contributed by atoms with E-state index in [1.807, 2.05) is 12.1 Å². The number of carbonyl (C=O) groups is 2. The van der Waals surface area contributed by atoms with Crippen LogP contribution in [-0.2, 0) is 4.79 Å². The van der Waals surface area contributed by atoms with Crippen LogP contribution in [0, 0.1) is 0 Å². The fraction of sp³-hybridized carbons (Fsp3) is 0.222. The molecule has 1 amide bonds. The van der Waals surface area contributed by atoms with Crippen LogP contribution in [-0.4, -0.2) is 23.9 Å². The molecule has 0 spiro atoms. The fourth-order valence-corrected chi connectivity index (χ4v) is 2.41. The first kappa shape index (κ1) is 15.1. The van der Waals surface area contributed by atoms with Crippen molar-refractivity contribution in [2.75, 3.05) is 5.32 Å². The number of ether oxygens (including phenoxy) is 2. The van der Waals surface area contributed by atoms with Gasteiger partial charge in [0, 0.05) is 11.3 Å². The first-order chi connectivity index (χ1) is 11.0. The first-order valence-electron chi connectivity index (χ1n) is 7.39. The molecule has 3 rings (SSSR count). The summed E-state index contributed by atoms with van der Waals surface area (Å²) in [6.45, 7) is 3.29. The van der Waals surface area contributed by atoms with Crippen LogP contribution in [0.15, 0.2) is 48.5 Å². The van der Waals surface area contributed by atoms with Crippen molar-refractivity contribution in [2.45, 2.75) is 26.1 Å². The van der Waals surface area contributed by atoms with Crippen LogP contribution in [0.25, 0.3) is 0 Å². The number of Topliss-reactive ketones (excluding diaryl/α,β-unsaturated/α-hetero) is 1. The van der Waals surface area contributed by atoms with Gasteiger partial charge in [-0.05, 0) is 50.2 Å². The number of ketones is 1. The quantitative estimate of drug-likeness (QED) is 0.885. The molecule has 0 bridgehead atoms. The third kappa shape index (κ3) is 3.18. The van der Waals surface area contributed by atoms with E-state index in [2.05, 4.69) is 5.32 Å². The van der Waals surface area contributed by atoms with Crippen LogP contribution in [0.3, 0.4) is 0 Å². The van der Waals surface area contributed by atoms with Gasteiger partial charge >= 0.3 is 0 Å². The van der Waals surface area contributed by atoms with Crippen LogP contribution in [0.1, 0.15) is 24.2 Å². The van der Waals surface area contributed by atoms with E-state index in [4.69, 9.17) is 9.47 Å². The second-order valence-electron chi connectivity index (χ2n) is 5.43. The van der Waals surface area contributed by atoms with Crippen LogP contribution >= 0.6 is 0 Å². The third-order valence-corrected chi connectivity index (χ3v) is 3.66. The lowest BCUT2D eigenvalue weighted by Gasteiger charge is -2.31. The van der Waals surface area contributed by atoms with Crippen molar-refractivity contribution in [3.05, 3.63) is 54.1 Å². The number of nitrogens with one attached hydrogen (secondary N) is 1. The van der Waals surface area contributed by atoms with E-state index in [9.17, 15) is 9.59 Å². The van der Waals surface area contributed by atoms with Crippen molar-refractivity contribution in [1.29, 1.82) is 0 Å². The highest BCUT2D eigenvalue weighted by atomic mass is 16.6. The zero-order valence-corrected chi connectivity index (χ0v) is 12.9. The minimum Gasteiger partial charge on any atom is -0.482 e. The van der Waals surface area contributed by atoms with Gasteiger partial charge in [0.2, 0.25) is 6.10 Å². The molecule has 0 aromatic heterocycles. The van der Waals surface area contributed by atoms with Gasteiger partial charge in [-0.25, -0.2) is 0 Å². The molecule has 1 aliphatic rings. The Bertz CT molecular complexity index is 739. The number of hydrogen-bond acceptors (Lipinski definition) is 4. The molecule has 5 heteroatoms. The largest absolute Gasteiger partial charge is 0.482 e. The average molecular weight is 311 g/mol. The topological polar surface area (TPSA) is 64.6 Å². The number of carbonyl (C=O) groups excluding carboxylic acids is 2. The minimum absolute atomic E-state index is 0.0166. The van der Waals surface area contributed by atoms with Gasteiger partial charge in [0.25, 0.3) is 5.91 Å². The van der Waals surface area contributed by atoms with Crippen molar-refractivity contribution in [2.24, 2.45) is 0 Å². The van der Waals surface area contributed by atoms with Crippen molar-refractivity contribution >= 4 is 17.4 Å². The second kappa shape index (κ2) is 6.12. The molecule has 0 aliphatic carbocycles. The van der Waals surface area contributed by atoms with Gasteiger partial charge in [0.1, 0.15) is 6.10 Å². The number of amides is 1. The maximum atomic E-state index is 12.4. The number of anilines is 1. The molecular formula is C18H17NO4. The summed E-state index contributed by atoms with van der Waals surface area (Å²) >= 11 is 0. The maximum absolute atomic E-state index is 12.4.